The van der Waals surface area contributed by atoms with Crippen LogP contribution in [0.2, 0.25) is 0 Å². The number of hydrogen-bond acceptors (Lipinski definition) is 3. The molecule has 0 amide bonds. The Morgan fingerprint density at radius 2 is 2.27 bits per heavy atom. The lowest BCUT2D eigenvalue weighted by atomic mass is 10.5. The summed E-state index contributed by atoms with van der Waals surface area (Å²) in [5.41, 5.74) is 5.44. The topological polar surface area (TPSA) is 60.4 Å². The molecule has 4 nitrogen and oxygen atoms in total. The van der Waals surface area contributed by atoms with Crippen LogP contribution in [0.15, 0.2) is 12.3 Å². The zero-order chi connectivity index (χ0) is 8.43. The minimum absolute atomic E-state index is 0.0455. The van der Waals surface area contributed by atoms with Crippen molar-refractivity contribution >= 4 is 5.82 Å². The molecule has 0 saturated heterocycles. The Balaban J connectivity index is 2.79. The molecule has 1 heterocycles. The Morgan fingerprint density at radius 1 is 1.64 bits per heavy atom. The Bertz CT molecular complexity index is 243. The fourth-order valence-corrected chi connectivity index (χ4v) is 0.736. The lowest BCUT2D eigenvalue weighted by molar-refractivity contribution is 0.0642. The SMILES string of the molecule is CC(C)On1ccc(O)c1N. The molecule has 0 radical (unpaired) electrons. The van der Waals surface area contributed by atoms with Crippen LogP contribution in [0.4, 0.5) is 5.82 Å². The van der Waals surface area contributed by atoms with Gasteiger partial charge in [0.05, 0.1) is 0 Å². The van der Waals surface area contributed by atoms with Crippen molar-refractivity contribution in [3.8, 4) is 5.75 Å². The highest BCUT2D eigenvalue weighted by Crippen LogP contribution is 2.18. The van der Waals surface area contributed by atoms with E-state index in [0.717, 1.165) is 0 Å². The minimum atomic E-state index is 0.0455. The summed E-state index contributed by atoms with van der Waals surface area (Å²) < 4.78 is 1.35. The zero-order valence-electron chi connectivity index (χ0n) is 6.61. The third-order valence-corrected chi connectivity index (χ3v) is 1.19. The first-order valence-electron chi connectivity index (χ1n) is 3.44. The molecule has 0 bridgehead atoms. The van der Waals surface area contributed by atoms with E-state index in [1.807, 2.05) is 13.8 Å². The van der Waals surface area contributed by atoms with Crippen LogP contribution in [0.3, 0.4) is 0 Å². The van der Waals surface area contributed by atoms with Crippen LogP contribution in [-0.2, 0) is 0 Å². The van der Waals surface area contributed by atoms with Gasteiger partial charge in [0.1, 0.15) is 6.10 Å². The minimum Gasteiger partial charge on any atom is -0.504 e. The maximum Gasteiger partial charge on any atom is 0.182 e. The van der Waals surface area contributed by atoms with E-state index in [2.05, 4.69) is 0 Å². The van der Waals surface area contributed by atoms with Gasteiger partial charge in [0.2, 0.25) is 0 Å². The molecule has 11 heavy (non-hydrogen) atoms. The molecular formula is C7H12N2O2. The summed E-state index contributed by atoms with van der Waals surface area (Å²) in [5, 5.41) is 9.03. The van der Waals surface area contributed by atoms with E-state index in [4.69, 9.17) is 15.7 Å². The van der Waals surface area contributed by atoms with Crippen molar-refractivity contribution in [1.29, 1.82) is 0 Å². The van der Waals surface area contributed by atoms with Gasteiger partial charge in [-0.15, -0.1) is 0 Å². The molecule has 0 unspecified atom stereocenters. The molecule has 62 valence electrons. The van der Waals surface area contributed by atoms with Gasteiger partial charge in [0.25, 0.3) is 0 Å². The van der Waals surface area contributed by atoms with Crippen molar-refractivity contribution in [2.75, 3.05) is 5.73 Å². The number of aromatic nitrogens is 1. The first-order chi connectivity index (χ1) is 5.11. The number of nitrogens with zero attached hydrogens (tertiary/aromatic N) is 1. The summed E-state index contributed by atoms with van der Waals surface area (Å²) in [4.78, 5) is 5.20. The molecule has 0 aliphatic rings. The van der Waals surface area contributed by atoms with Gasteiger partial charge < -0.3 is 15.7 Å². The molecule has 1 aromatic rings. The fraction of sp³-hybridized carbons (Fsp3) is 0.429. The van der Waals surface area contributed by atoms with Gasteiger partial charge in [0.15, 0.2) is 11.6 Å². The van der Waals surface area contributed by atoms with Crippen LogP contribution in [-0.4, -0.2) is 15.9 Å². The molecule has 0 aromatic carbocycles. The summed E-state index contributed by atoms with van der Waals surface area (Å²) in [6.07, 6.45) is 1.62. The highest BCUT2D eigenvalue weighted by atomic mass is 16.7. The Kier molecular flexibility index (Phi) is 1.94. The van der Waals surface area contributed by atoms with E-state index < -0.39 is 0 Å². The van der Waals surface area contributed by atoms with Crippen molar-refractivity contribution in [1.82, 2.24) is 4.73 Å². The molecule has 3 N–H and O–H groups in total. The van der Waals surface area contributed by atoms with Crippen LogP contribution in [0, 0.1) is 0 Å². The maximum absolute atomic E-state index is 9.03. The Labute approximate surface area is 65.1 Å². The molecule has 0 fully saturated rings. The van der Waals surface area contributed by atoms with Crippen LogP contribution in [0.1, 0.15) is 13.8 Å². The van der Waals surface area contributed by atoms with E-state index in [0.29, 0.717) is 0 Å². The summed E-state index contributed by atoms with van der Waals surface area (Å²) in [6.45, 7) is 3.77. The van der Waals surface area contributed by atoms with Crippen molar-refractivity contribution in [3.63, 3.8) is 0 Å². The van der Waals surface area contributed by atoms with Gasteiger partial charge in [0, 0.05) is 12.3 Å². The maximum atomic E-state index is 9.03. The second-order valence-corrected chi connectivity index (χ2v) is 2.57. The molecule has 0 aliphatic carbocycles. The van der Waals surface area contributed by atoms with Crippen LogP contribution < -0.4 is 10.6 Å². The van der Waals surface area contributed by atoms with E-state index in [9.17, 15) is 0 Å². The third-order valence-electron chi connectivity index (χ3n) is 1.19. The van der Waals surface area contributed by atoms with Crippen LogP contribution >= 0.6 is 0 Å². The number of aromatic hydroxyl groups is 1. The van der Waals surface area contributed by atoms with E-state index >= 15 is 0 Å². The Morgan fingerprint density at radius 3 is 2.64 bits per heavy atom. The van der Waals surface area contributed by atoms with Gasteiger partial charge in [-0.3, -0.25) is 0 Å². The average molecular weight is 156 g/mol. The largest absolute Gasteiger partial charge is 0.504 e. The van der Waals surface area contributed by atoms with Gasteiger partial charge in [-0.1, -0.05) is 0 Å². The van der Waals surface area contributed by atoms with E-state index in [1.165, 1.54) is 10.8 Å². The molecule has 0 aliphatic heterocycles. The zero-order valence-corrected chi connectivity index (χ0v) is 6.61. The Hall–Kier alpha value is -1.32. The summed E-state index contributed by atoms with van der Waals surface area (Å²) in [6, 6.07) is 1.48. The summed E-state index contributed by atoms with van der Waals surface area (Å²) >= 11 is 0. The van der Waals surface area contributed by atoms with Crippen molar-refractivity contribution < 1.29 is 9.94 Å². The molecule has 0 atom stereocenters. The highest BCUT2D eigenvalue weighted by molar-refractivity contribution is 5.45. The van der Waals surface area contributed by atoms with Gasteiger partial charge in [-0.2, -0.15) is 4.73 Å². The van der Waals surface area contributed by atoms with E-state index in [-0.39, 0.29) is 17.7 Å². The molecule has 4 heteroatoms. The fourth-order valence-electron chi connectivity index (χ4n) is 0.736. The molecule has 1 aromatic heterocycles. The predicted molar refractivity (Wildman–Crippen MR) is 42.2 cm³/mol. The lowest BCUT2D eigenvalue weighted by Gasteiger charge is -2.10. The number of nitrogen functional groups attached to an aromatic ring is 1. The highest BCUT2D eigenvalue weighted by Gasteiger charge is 2.04. The smallest absolute Gasteiger partial charge is 0.182 e. The first kappa shape index (κ1) is 7.78. The second-order valence-electron chi connectivity index (χ2n) is 2.57. The predicted octanol–water partition coefficient (Wildman–Crippen LogP) is 0.613. The van der Waals surface area contributed by atoms with Crippen molar-refractivity contribution in [2.45, 2.75) is 20.0 Å². The summed E-state index contributed by atoms with van der Waals surface area (Å²) in [5.74, 6) is 0.282. The van der Waals surface area contributed by atoms with E-state index in [1.54, 1.807) is 6.20 Å². The first-order valence-corrected chi connectivity index (χ1v) is 3.44. The lowest BCUT2D eigenvalue weighted by Crippen LogP contribution is -2.19. The normalized spacial score (nSPS) is 10.5. The average Bonchev–Trinajstić information content (AvgIpc) is 2.18. The number of nitrogens with two attached hydrogens (primary N) is 1. The van der Waals surface area contributed by atoms with Crippen molar-refractivity contribution in [3.05, 3.63) is 12.3 Å². The summed E-state index contributed by atoms with van der Waals surface area (Å²) in [7, 11) is 0. The van der Waals surface area contributed by atoms with Crippen LogP contribution in [0.5, 0.6) is 5.75 Å². The van der Waals surface area contributed by atoms with Gasteiger partial charge in [-0.05, 0) is 13.8 Å². The molecule has 0 spiro atoms. The third kappa shape index (κ3) is 1.58. The molecule has 0 saturated carbocycles. The standard InChI is InChI=1S/C7H12N2O2/c1-5(2)11-9-4-3-6(10)7(9)8/h3-5,10H,8H2,1-2H3. The van der Waals surface area contributed by atoms with Crippen molar-refractivity contribution in [2.24, 2.45) is 0 Å². The second kappa shape index (κ2) is 2.74. The van der Waals surface area contributed by atoms with Crippen LogP contribution in [0.25, 0.3) is 0 Å². The monoisotopic (exact) mass is 156 g/mol. The number of anilines is 1. The van der Waals surface area contributed by atoms with Gasteiger partial charge in [-0.25, -0.2) is 0 Å². The molecule has 1 rings (SSSR count). The molecular weight excluding hydrogens is 144 g/mol. The number of hydrogen-bond donors (Lipinski definition) is 2. The quantitative estimate of drug-likeness (QED) is 0.659. The number of rotatable bonds is 2. The van der Waals surface area contributed by atoms with Gasteiger partial charge >= 0.3 is 0 Å².